The van der Waals surface area contributed by atoms with Gasteiger partial charge in [0.1, 0.15) is 11.6 Å². The Labute approximate surface area is 171 Å². The second-order valence-electron chi connectivity index (χ2n) is 7.78. The van der Waals surface area contributed by atoms with E-state index in [1.807, 2.05) is 43.3 Å². The molecule has 1 aromatic carbocycles. The number of hydrogen-bond acceptors (Lipinski definition) is 4. The zero-order valence-electron chi connectivity index (χ0n) is 17.2. The number of benzene rings is 1. The summed E-state index contributed by atoms with van der Waals surface area (Å²) in [5.74, 6) is 3.53. The zero-order chi connectivity index (χ0) is 20.2. The standard InChI is InChI=1S/C22H28N6O/c1-17-23-12-15-28(17)16-20-24-25-22(26(20)2)19-10-13-27(14-11-19)21(29)9-8-18-6-4-3-5-7-18/h3-7,12,15,19H,8-11,13-14,16H2,1-2H3. The number of carbonyl (C=O) groups excluding carboxylic acids is 1. The SMILES string of the molecule is Cc1nccn1Cc1nnc(C2CCN(C(=O)CCc3ccccc3)CC2)n1C. The van der Waals surface area contributed by atoms with Crippen molar-refractivity contribution in [3.05, 3.63) is 65.8 Å². The molecule has 0 N–H and O–H groups in total. The smallest absolute Gasteiger partial charge is 0.222 e. The third-order valence-electron chi connectivity index (χ3n) is 5.92. The predicted octanol–water partition coefficient (Wildman–Crippen LogP) is 2.71. The zero-order valence-corrected chi connectivity index (χ0v) is 17.2. The number of nitrogens with zero attached hydrogens (tertiary/aromatic N) is 6. The lowest BCUT2D eigenvalue weighted by atomic mass is 9.95. The number of hydrogen-bond donors (Lipinski definition) is 0. The average Bonchev–Trinajstić information content (AvgIpc) is 3.33. The lowest BCUT2D eigenvalue weighted by Crippen LogP contribution is -2.38. The molecular formula is C22H28N6O. The number of carbonyl (C=O) groups is 1. The first kappa shape index (κ1) is 19.4. The molecule has 29 heavy (non-hydrogen) atoms. The minimum atomic E-state index is 0.251. The summed E-state index contributed by atoms with van der Waals surface area (Å²) < 4.78 is 4.18. The average molecular weight is 393 g/mol. The van der Waals surface area contributed by atoms with Crippen molar-refractivity contribution in [2.75, 3.05) is 13.1 Å². The number of aryl methyl sites for hydroxylation is 2. The Kier molecular flexibility index (Phi) is 5.74. The molecular weight excluding hydrogens is 364 g/mol. The molecule has 1 saturated heterocycles. The van der Waals surface area contributed by atoms with E-state index >= 15 is 0 Å². The van der Waals surface area contributed by atoms with Crippen LogP contribution in [0.15, 0.2) is 42.7 Å². The predicted molar refractivity (Wildman–Crippen MR) is 110 cm³/mol. The summed E-state index contributed by atoms with van der Waals surface area (Å²) in [5, 5.41) is 8.88. The van der Waals surface area contributed by atoms with Crippen LogP contribution < -0.4 is 0 Å². The minimum Gasteiger partial charge on any atom is -0.343 e. The van der Waals surface area contributed by atoms with E-state index in [1.54, 1.807) is 6.20 Å². The summed E-state index contributed by atoms with van der Waals surface area (Å²) in [6.07, 6.45) is 7.02. The Bertz CT molecular complexity index is 953. The first-order valence-electron chi connectivity index (χ1n) is 10.3. The largest absolute Gasteiger partial charge is 0.343 e. The van der Waals surface area contributed by atoms with Gasteiger partial charge >= 0.3 is 0 Å². The number of imidazole rings is 1. The molecule has 3 heterocycles. The molecule has 0 saturated carbocycles. The number of aromatic nitrogens is 5. The summed E-state index contributed by atoms with van der Waals surface area (Å²) >= 11 is 0. The Morgan fingerprint density at radius 3 is 2.59 bits per heavy atom. The monoisotopic (exact) mass is 392 g/mol. The van der Waals surface area contributed by atoms with Gasteiger partial charge in [-0.3, -0.25) is 4.79 Å². The van der Waals surface area contributed by atoms with Crippen LogP contribution >= 0.6 is 0 Å². The molecule has 2 aromatic heterocycles. The van der Waals surface area contributed by atoms with Gasteiger partial charge < -0.3 is 14.0 Å². The van der Waals surface area contributed by atoms with Gasteiger partial charge in [-0.05, 0) is 31.7 Å². The van der Waals surface area contributed by atoms with Gasteiger partial charge in [-0.15, -0.1) is 10.2 Å². The van der Waals surface area contributed by atoms with Crippen LogP contribution in [0, 0.1) is 6.92 Å². The van der Waals surface area contributed by atoms with Gasteiger partial charge in [0, 0.05) is 44.9 Å². The van der Waals surface area contributed by atoms with Crippen LogP contribution in [0.4, 0.5) is 0 Å². The van der Waals surface area contributed by atoms with Gasteiger partial charge in [-0.2, -0.15) is 0 Å². The third kappa shape index (κ3) is 4.39. The molecule has 0 atom stereocenters. The van der Waals surface area contributed by atoms with Crippen molar-refractivity contribution >= 4 is 5.91 Å². The first-order valence-corrected chi connectivity index (χ1v) is 10.3. The van der Waals surface area contributed by atoms with Gasteiger partial charge in [0.05, 0.1) is 6.54 Å². The van der Waals surface area contributed by atoms with E-state index in [0.717, 1.165) is 49.8 Å². The van der Waals surface area contributed by atoms with Crippen molar-refractivity contribution in [2.24, 2.45) is 7.05 Å². The fourth-order valence-electron chi connectivity index (χ4n) is 4.03. The van der Waals surface area contributed by atoms with Crippen LogP contribution in [0.5, 0.6) is 0 Å². The molecule has 3 aromatic rings. The first-order chi connectivity index (χ1) is 14.1. The van der Waals surface area contributed by atoms with Crippen molar-refractivity contribution in [1.29, 1.82) is 0 Å². The van der Waals surface area contributed by atoms with Gasteiger partial charge in [0.15, 0.2) is 5.82 Å². The van der Waals surface area contributed by atoms with Crippen molar-refractivity contribution in [2.45, 2.75) is 45.1 Å². The van der Waals surface area contributed by atoms with Crippen molar-refractivity contribution < 1.29 is 4.79 Å². The molecule has 0 radical (unpaired) electrons. The highest BCUT2D eigenvalue weighted by atomic mass is 16.2. The van der Waals surface area contributed by atoms with Crippen molar-refractivity contribution in [3.63, 3.8) is 0 Å². The van der Waals surface area contributed by atoms with Crippen LogP contribution in [0.3, 0.4) is 0 Å². The van der Waals surface area contributed by atoms with E-state index in [4.69, 9.17) is 0 Å². The highest BCUT2D eigenvalue weighted by Gasteiger charge is 2.27. The Hall–Kier alpha value is -2.96. The summed E-state index contributed by atoms with van der Waals surface area (Å²) in [4.78, 5) is 18.9. The topological polar surface area (TPSA) is 68.8 Å². The number of amides is 1. The second-order valence-corrected chi connectivity index (χ2v) is 7.78. The summed E-state index contributed by atoms with van der Waals surface area (Å²) in [6, 6.07) is 10.2. The molecule has 1 aliphatic heterocycles. The third-order valence-corrected chi connectivity index (χ3v) is 5.92. The lowest BCUT2D eigenvalue weighted by Gasteiger charge is -2.31. The molecule has 7 nitrogen and oxygen atoms in total. The highest BCUT2D eigenvalue weighted by Crippen LogP contribution is 2.27. The van der Waals surface area contributed by atoms with E-state index < -0.39 is 0 Å². The Morgan fingerprint density at radius 1 is 1.14 bits per heavy atom. The Morgan fingerprint density at radius 2 is 1.90 bits per heavy atom. The summed E-state index contributed by atoms with van der Waals surface area (Å²) in [6.45, 7) is 4.25. The van der Waals surface area contributed by atoms with Crippen LogP contribution in [-0.2, 0) is 24.8 Å². The summed E-state index contributed by atoms with van der Waals surface area (Å²) in [7, 11) is 2.04. The van der Waals surface area contributed by atoms with Gasteiger partial charge in [-0.25, -0.2) is 4.98 Å². The van der Waals surface area contributed by atoms with Crippen molar-refractivity contribution in [1.82, 2.24) is 29.2 Å². The maximum atomic E-state index is 12.6. The van der Waals surface area contributed by atoms with Crippen LogP contribution in [0.1, 0.15) is 48.2 Å². The second kappa shape index (κ2) is 8.59. The molecule has 1 amide bonds. The number of likely N-dealkylation sites (tertiary alicyclic amines) is 1. The quantitative estimate of drug-likeness (QED) is 0.647. The molecule has 0 bridgehead atoms. The van der Waals surface area contributed by atoms with E-state index in [2.05, 4.69) is 36.4 Å². The minimum absolute atomic E-state index is 0.251. The summed E-state index contributed by atoms with van der Waals surface area (Å²) in [5.41, 5.74) is 1.22. The van der Waals surface area contributed by atoms with Crippen LogP contribution in [0.25, 0.3) is 0 Å². The molecule has 7 heteroatoms. The van der Waals surface area contributed by atoms with Crippen LogP contribution in [0.2, 0.25) is 0 Å². The fourth-order valence-corrected chi connectivity index (χ4v) is 4.03. The van der Waals surface area contributed by atoms with E-state index in [9.17, 15) is 4.79 Å². The molecule has 152 valence electrons. The van der Waals surface area contributed by atoms with Crippen molar-refractivity contribution in [3.8, 4) is 0 Å². The lowest BCUT2D eigenvalue weighted by molar-refractivity contribution is -0.132. The number of rotatable bonds is 6. The molecule has 1 fully saturated rings. The highest BCUT2D eigenvalue weighted by molar-refractivity contribution is 5.76. The van der Waals surface area contributed by atoms with Crippen LogP contribution in [-0.4, -0.2) is 48.2 Å². The maximum Gasteiger partial charge on any atom is 0.222 e. The molecule has 4 rings (SSSR count). The van der Waals surface area contributed by atoms with Gasteiger partial charge in [0.2, 0.25) is 5.91 Å². The fraction of sp³-hybridized carbons (Fsp3) is 0.455. The molecule has 1 aliphatic rings. The number of piperidine rings is 1. The van der Waals surface area contributed by atoms with Gasteiger partial charge in [0.25, 0.3) is 0 Å². The molecule has 0 spiro atoms. The van der Waals surface area contributed by atoms with E-state index in [1.165, 1.54) is 5.56 Å². The maximum absolute atomic E-state index is 12.6. The molecule has 0 aliphatic carbocycles. The molecule has 0 unspecified atom stereocenters. The van der Waals surface area contributed by atoms with E-state index in [0.29, 0.717) is 18.9 Å². The Balaban J connectivity index is 1.31. The van der Waals surface area contributed by atoms with E-state index in [-0.39, 0.29) is 5.91 Å². The van der Waals surface area contributed by atoms with Gasteiger partial charge in [-0.1, -0.05) is 30.3 Å². The normalized spacial score (nSPS) is 15.0.